The summed E-state index contributed by atoms with van der Waals surface area (Å²) in [5, 5.41) is 10.5. The van der Waals surface area contributed by atoms with Gasteiger partial charge in [-0.15, -0.1) is 0 Å². The predicted molar refractivity (Wildman–Crippen MR) is 139 cm³/mol. The van der Waals surface area contributed by atoms with Gasteiger partial charge >= 0.3 is 5.97 Å². The summed E-state index contributed by atoms with van der Waals surface area (Å²) in [6.07, 6.45) is 8.25. The molecule has 0 saturated heterocycles. The Kier molecular flexibility index (Phi) is 7.76. The Morgan fingerprint density at radius 2 is 1.54 bits per heavy atom. The smallest absolute Gasteiger partial charge is 0.341 e. The summed E-state index contributed by atoms with van der Waals surface area (Å²) in [6, 6.07) is 19.5. The van der Waals surface area contributed by atoms with Crippen LogP contribution < -0.4 is 4.74 Å². The summed E-state index contributed by atoms with van der Waals surface area (Å²) in [6.45, 7) is 1.71. The van der Waals surface area contributed by atoms with E-state index in [1.54, 1.807) is 42.5 Å². The maximum atomic E-state index is 13.8. The second-order valence-corrected chi connectivity index (χ2v) is 10.6. The molecule has 3 aromatic carbocycles. The molecular weight excluding hydrogens is 462 g/mol. The highest BCUT2D eigenvalue weighted by atomic mass is 32.2. The predicted octanol–water partition coefficient (Wildman–Crippen LogP) is 6.40. The molecule has 1 aromatic heterocycles. The van der Waals surface area contributed by atoms with Gasteiger partial charge in [-0.3, -0.25) is 0 Å². The number of carbonyl (C=O) groups is 1. The Morgan fingerprint density at radius 3 is 2.29 bits per heavy atom. The average molecular weight is 494 g/mol. The fourth-order valence-corrected chi connectivity index (χ4v) is 5.97. The van der Waals surface area contributed by atoms with Crippen LogP contribution in [-0.2, 0) is 21.2 Å². The Bertz CT molecular complexity index is 1420. The highest BCUT2D eigenvalue weighted by Crippen LogP contribution is 2.34. The molecule has 4 rings (SSSR count). The second-order valence-electron chi connectivity index (χ2n) is 8.81. The first-order chi connectivity index (χ1) is 16.9. The van der Waals surface area contributed by atoms with E-state index < -0.39 is 22.6 Å². The van der Waals surface area contributed by atoms with Crippen LogP contribution in [0.1, 0.15) is 51.0 Å². The fraction of sp³-hybridized carbons (Fsp3) is 0.321. The van der Waals surface area contributed by atoms with Crippen LogP contribution in [0.2, 0.25) is 0 Å². The van der Waals surface area contributed by atoms with E-state index >= 15 is 0 Å². The number of hydrogen-bond donors (Lipinski definition) is 1. The second kappa shape index (κ2) is 11.0. The van der Waals surface area contributed by atoms with Crippen molar-refractivity contribution < 1.29 is 23.1 Å². The number of fused-ring (bicyclic) bond motifs is 3. The number of aliphatic carboxylic acids is 1. The molecule has 0 radical (unpaired) electrons. The maximum Gasteiger partial charge on any atom is 0.341 e. The lowest BCUT2D eigenvalue weighted by atomic mass is 10.1. The molecule has 0 aliphatic rings. The van der Waals surface area contributed by atoms with Crippen LogP contribution in [-0.4, -0.2) is 30.1 Å². The standard InChI is InChI=1S/C28H31NO5S/c1-2-3-4-5-6-7-10-21-13-16-23(17-14-21)35(32,33)29-26-12-9-8-11-24(26)25-18-15-22(19-27(25)29)34-20-28(30)31/h8-9,11-19H,2-7,10,20H2,1H3,(H,30,31). The number of rotatable bonds is 12. The molecule has 35 heavy (non-hydrogen) atoms. The van der Waals surface area contributed by atoms with Crippen molar-refractivity contribution >= 4 is 37.8 Å². The van der Waals surface area contributed by atoms with Gasteiger partial charge in [-0.2, -0.15) is 0 Å². The average Bonchev–Trinajstić information content (AvgIpc) is 3.19. The maximum absolute atomic E-state index is 13.8. The molecule has 1 heterocycles. The van der Waals surface area contributed by atoms with E-state index in [9.17, 15) is 13.2 Å². The number of nitrogens with zero attached hydrogens (tertiary/aromatic N) is 1. The first-order valence-corrected chi connectivity index (χ1v) is 13.6. The van der Waals surface area contributed by atoms with E-state index in [4.69, 9.17) is 9.84 Å². The van der Waals surface area contributed by atoms with Gasteiger partial charge in [0.1, 0.15) is 5.75 Å². The van der Waals surface area contributed by atoms with Crippen LogP contribution in [0.4, 0.5) is 0 Å². The monoisotopic (exact) mass is 493 g/mol. The van der Waals surface area contributed by atoms with E-state index in [0.29, 0.717) is 16.8 Å². The van der Waals surface area contributed by atoms with Gasteiger partial charge in [-0.25, -0.2) is 17.2 Å². The summed E-state index contributed by atoms with van der Waals surface area (Å²) < 4.78 is 34.2. The number of para-hydroxylation sites is 1. The largest absolute Gasteiger partial charge is 0.482 e. The van der Waals surface area contributed by atoms with E-state index in [2.05, 4.69) is 6.92 Å². The summed E-state index contributed by atoms with van der Waals surface area (Å²) in [7, 11) is -3.90. The summed E-state index contributed by atoms with van der Waals surface area (Å²) in [4.78, 5) is 11.1. The van der Waals surface area contributed by atoms with E-state index in [-0.39, 0.29) is 4.90 Å². The van der Waals surface area contributed by atoms with Gasteiger partial charge in [-0.05, 0) is 48.7 Å². The van der Waals surface area contributed by atoms with E-state index in [1.807, 2.05) is 24.3 Å². The topological polar surface area (TPSA) is 85.6 Å². The number of hydrogen-bond acceptors (Lipinski definition) is 4. The number of aryl methyl sites for hydroxylation is 1. The van der Waals surface area contributed by atoms with Gasteiger partial charge in [0.25, 0.3) is 10.0 Å². The third-order valence-electron chi connectivity index (χ3n) is 6.24. The van der Waals surface area contributed by atoms with Crippen LogP contribution in [0, 0.1) is 0 Å². The van der Waals surface area contributed by atoms with Crippen molar-refractivity contribution in [2.75, 3.05) is 6.61 Å². The van der Waals surface area contributed by atoms with Crippen molar-refractivity contribution in [3.05, 3.63) is 72.3 Å². The quantitative estimate of drug-likeness (QED) is 0.231. The molecule has 0 aliphatic carbocycles. The lowest BCUT2D eigenvalue weighted by molar-refractivity contribution is -0.139. The van der Waals surface area contributed by atoms with Crippen LogP contribution in [0.15, 0.2) is 71.6 Å². The molecule has 0 unspecified atom stereocenters. The molecule has 0 bridgehead atoms. The Balaban J connectivity index is 1.65. The fourth-order valence-electron chi connectivity index (χ4n) is 4.45. The van der Waals surface area contributed by atoms with Gasteiger partial charge in [0, 0.05) is 16.8 Å². The van der Waals surface area contributed by atoms with Crippen LogP contribution in [0.3, 0.4) is 0 Å². The van der Waals surface area contributed by atoms with E-state index in [0.717, 1.165) is 29.2 Å². The van der Waals surface area contributed by atoms with E-state index in [1.165, 1.54) is 36.1 Å². The van der Waals surface area contributed by atoms with Gasteiger partial charge < -0.3 is 9.84 Å². The molecule has 0 spiro atoms. The van der Waals surface area contributed by atoms with Gasteiger partial charge in [0.05, 0.1) is 15.9 Å². The minimum Gasteiger partial charge on any atom is -0.482 e. The van der Waals surface area contributed by atoms with Gasteiger partial charge in [0.15, 0.2) is 6.61 Å². The Hall–Kier alpha value is -3.32. The number of carboxylic acids is 1. The summed E-state index contributed by atoms with van der Waals surface area (Å²) in [5.41, 5.74) is 2.14. The molecule has 7 heteroatoms. The Labute approximate surface area is 206 Å². The molecule has 0 aliphatic heterocycles. The zero-order valence-electron chi connectivity index (χ0n) is 19.9. The molecule has 184 valence electrons. The normalized spacial score (nSPS) is 11.8. The third-order valence-corrected chi connectivity index (χ3v) is 7.99. The van der Waals surface area contributed by atoms with Crippen LogP contribution in [0.5, 0.6) is 5.75 Å². The minimum absolute atomic E-state index is 0.212. The zero-order chi connectivity index (χ0) is 24.8. The van der Waals surface area contributed by atoms with Crippen molar-refractivity contribution in [1.82, 2.24) is 3.97 Å². The van der Waals surface area contributed by atoms with Crippen molar-refractivity contribution in [1.29, 1.82) is 0 Å². The lowest BCUT2D eigenvalue weighted by Crippen LogP contribution is -2.13. The highest BCUT2D eigenvalue weighted by Gasteiger charge is 2.23. The van der Waals surface area contributed by atoms with Gasteiger partial charge in [0.2, 0.25) is 0 Å². The molecule has 1 N–H and O–H groups in total. The number of ether oxygens (including phenoxy) is 1. The van der Waals surface area contributed by atoms with Crippen molar-refractivity contribution in [2.24, 2.45) is 0 Å². The molecule has 0 atom stereocenters. The highest BCUT2D eigenvalue weighted by molar-refractivity contribution is 7.90. The molecule has 0 saturated carbocycles. The van der Waals surface area contributed by atoms with Crippen molar-refractivity contribution in [3.8, 4) is 5.75 Å². The number of aromatic nitrogens is 1. The molecule has 0 fully saturated rings. The minimum atomic E-state index is -3.90. The number of benzene rings is 3. The molecule has 0 amide bonds. The van der Waals surface area contributed by atoms with Crippen molar-refractivity contribution in [2.45, 2.75) is 56.8 Å². The molecule has 4 aromatic rings. The summed E-state index contributed by atoms with van der Waals surface area (Å²) in [5.74, 6) is -0.798. The van der Waals surface area contributed by atoms with Crippen molar-refractivity contribution in [3.63, 3.8) is 0 Å². The molecule has 6 nitrogen and oxygen atoms in total. The third kappa shape index (κ3) is 5.51. The first kappa shape index (κ1) is 24.8. The van der Waals surface area contributed by atoms with Gasteiger partial charge in [-0.1, -0.05) is 69.4 Å². The number of carboxylic acid groups (broad SMARTS) is 1. The van der Waals surface area contributed by atoms with Crippen LogP contribution in [0.25, 0.3) is 21.8 Å². The zero-order valence-corrected chi connectivity index (χ0v) is 20.8. The van der Waals surface area contributed by atoms with Crippen LogP contribution >= 0.6 is 0 Å². The number of unbranched alkanes of at least 4 members (excludes halogenated alkanes) is 5. The Morgan fingerprint density at radius 1 is 0.857 bits per heavy atom. The SMILES string of the molecule is CCCCCCCCc1ccc(S(=O)(=O)n2c3ccccc3c3ccc(OCC(=O)O)cc32)cc1. The molecular formula is C28H31NO5S. The lowest BCUT2D eigenvalue weighted by Gasteiger charge is -2.11. The summed E-state index contributed by atoms with van der Waals surface area (Å²) >= 11 is 0. The first-order valence-electron chi connectivity index (χ1n) is 12.1.